The first-order chi connectivity index (χ1) is 9.60. The molecule has 1 aliphatic rings. The largest absolute Gasteiger partial charge is 0.309 e. The molecule has 0 amide bonds. The van der Waals surface area contributed by atoms with E-state index in [0.717, 1.165) is 19.0 Å². The monoisotopic (exact) mass is 274 g/mol. The standard InChI is InChI=1S/C18H30N2/c1-5-19-18(13-20-10-6-7-15(3)12-20)17-9-8-14(2)11-16(17)4/h8-9,11,15,18-19H,5-7,10,12-13H2,1-4H3. The van der Waals surface area contributed by atoms with E-state index in [1.54, 1.807) is 0 Å². The van der Waals surface area contributed by atoms with Gasteiger partial charge >= 0.3 is 0 Å². The van der Waals surface area contributed by atoms with E-state index < -0.39 is 0 Å². The highest BCUT2D eigenvalue weighted by Gasteiger charge is 2.21. The summed E-state index contributed by atoms with van der Waals surface area (Å²) in [6.07, 6.45) is 2.75. The molecule has 2 rings (SSSR count). The van der Waals surface area contributed by atoms with Gasteiger partial charge in [0.15, 0.2) is 0 Å². The van der Waals surface area contributed by atoms with Gasteiger partial charge in [0.25, 0.3) is 0 Å². The van der Waals surface area contributed by atoms with Crippen molar-refractivity contribution in [1.82, 2.24) is 10.2 Å². The van der Waals surface area contributed by atoms with E-state index in [0.29, 0.717) is 6.04 Å². The van der Waals surface area contributed by atoms with Crippen molar-refractivity contribution in [3.05, 3.63) is 34.9 Å². The maximum absolute atomic E-state index is 3.68. The lowest BCUT2D eigenvalue weighted by molar-refractivity contribution is 0.167. The van der Waals surface area contributed by atoms with Crippen LogP contribution in [-0.4, -0.2) is 31.1 Å². The Morgan fingerprint density at radius 2 is 2.15 bits per heavy atom. The van der Waals surface area contributed by atoms with E-state index in [1.165, 1.54) is 42.6 Å². The minimum Gasteiger partial charge on any atom is -0.309 e. The Balaban J connectivity index is 2.09. The fourth-order valence-electron chi connectivity index (χ4n) is 3.45. The van der Waals surface area contributed by atoms with Gasteiger partial charge in [-0.1, -0.05) is 37.6 Å². The third-order valence-electron chi connectivity index (χ3n) is 4.43. The number of benzene rings is 1. The Kier molecular flexibility index (Phi) is 5.62. The zero-order valence-corrected chi connectivity index (χ0v) is 13.6. The number of hydrogen-bond donors (Lipinski definition) is 1. The molecule has 0 aliphatic carbocycles. The Labute approximate surface area is 124 Å². The number of piperidine rings is 1. The average molecular weight is 274 g/mol. The van der Waals surface area contributed by atoms with Crippen molar-refractivity contribution in [2.75, 3.05) is 26.2 Å². The first-order valence-corrected chi connectivity index (χ1v) is 8.13. The molecule has 1 saturated heterocycles. The molecule has 112 valence electrons. The van der Waals surface area contributed by atoms with Gasteiger partial charge in [0.2, 0.25) is 0 Å². The Morgan fingerprint density at radius 3 is 2.80 bits per heavy atom. The molecule has 2 nitrogen and oxygen atoms in total. The molecule has 0 aromatic heterocycles. The third kappa shape index (κ3) is 4.07. The van der Waals surface area contributed by atoms with Crippen LogP contribution in [0.25, 0.3) is 0 Å². The second-order valence-electron chi connectivity index (χ2n) is 6.48. The Bertz CT molecular complexity index is 427. The molecular weight excluding hydrogens is 244 g/mol. The van der Waals surface area contributed by atoms with Gasteiger partial charge in [0.05, 0.1) is 0 Å². The molecule has 1 fully saturated rings. The number of nitrogens with zero attached hydrogens (tertiary/aromatic N) is 1. The normalized spacial score (nSPS) is 21.9. The van der Waals surface area contributed by atoms with E-state index in [9.17, 15) is 0 Å². The van der Waals surface area contributed by atoms with Crippen LogP contribution in [0.5, 0.6) is 0 Å². The Morgan fingerprint density at radius 1 is 1.35 bits per heavy atom. The SMILES string of the molecule is CCNC(CN1CCCC(C)C1)c1ccc(C)cc1C. The third-order valence-corrected chi connectivity index (χ3v) is 4.43. The summed E-state index contributed by atoms with van der Waals surface area (Å²) in [7, 11) is 0. The van der Waals surface area contributed by atoms with Gasteiger partial charge in [-0.25, -0.2) is 0 Å². The topological polar surface area (TPSA) is 15.3 Å². The van der Waals surface area contributed by atoms with Gasteiger partial charge in [0, 0.05) is 19.1 Å². The smallest absolute Gasteiger partial charge is 0.0451 e. The van der Waals surface area contributed by atoms with E-state index in [2.05, 4.69) is 56.1 Å². The minimum absolute atomic E-state index is 0.464. The van der Waals surface area contributed by atoms with Crippen molar-refractivity contribution < 1.29 is 0 Å². The maximum atomic E-state index is 3.68. The number of hydrogen-bond acceptors (Lipinski definition) is 2. The van der Waals surface area contributed by atoms with Crippen LogP contribution >= 0.6 is 0 Å². The minimum atomic E-state index is 0.464. The molecule has 0 saturated carbocycles. The molecule has 20 heavy (non-hydrogen) atoms. The summed E-state index contributed by atoms with van der Waals surface area (Å²) >= 11 is 0. The second-order valence-corrected chi connectivity index (χ2v) is 6.48. The number of likely N-dealkylation sites (tertiary alicyclic amines) is 1. The fourth-order valence-corrected chi connectivity index (χ4v) is 3.45. The van der Waals surface area contributed by atoms with Crippen molar-refractivity contribution in [3.63, 3.8) is 0 Å². The average Bonchev–Trinajstić information content (AvgIpc) is 2.38. The van der Waals surface area contributed by atoms with Crippen molar-refractivity contribution in [2.45, 2.75) is 46.6 Å². The zero-order valence-electron chi connectivity index (χ0n) is 13.6. The second kappa shape index (κ2) is 7.24. The predicted octanol–water partition coefficient (Wildman–Crippen LogP) is 3.69. The summed E-state index contributed by atoms with van der Waals surface area (Å²) in [6, 6.07) is 7.32. The number of likely N-dealkylation sites (N-methyl/N-ethyl adjacent to an activating group) is 1. The lowest BCUT2D eigenvalue weighted by Crippen LogP contribution is -2.40. The summed E-state index contributed by atoms with van der Waals surface area (Å²) in [4.78, 5) is 2.64. The summed E-state index contributed by atoms with van der Waals surface area (Å²) in [5, 5.41) is 3.68. The summed E-state index contributed by atoms with van der Waals surface area (Å²) in [5.41, 5.74) is 4.24. The van der Waals surface area contributed by atoms with Crippen LogP contribution in [-0.2, 0) is 0 Å². The highest BCUT2D eigenvalue weighted by atomic mass is 15.2. The lowest BCUT2D eigenvalue weighted by Gasteiger charge is -2.34. The number of nitrogens with one attached hydrogen (secondary N) is 1. The fraction of sp³-hybridized carbons (Fsp3) is 0.667. The van der Waals surface area contributed by atoms with Gasteiger partial charge in [-0.3, -0.25) is 0 Å². The first-order valence-electron chi connectivity index (χ1n) is 8.13. The van der Waals surface area contributed by atoms with Crippen molar-refractivity contribution in [1.29, 1.82) is 0 Å². The zero-order chi connectivity index (χ0) is 14.5. The van der Waals surface area contributed by atoms with Crippen LogP contribution in [0.2, 0.25) is 0 Å². The number of rotatable bonds is 5. The van der Waals surface area contributed by atoms with Gasteiger partial charge in [-0.05, 0) is 56.8 Å². The highest BCUT2D eigenvalue weighted by molar-refractivity contribution is 5.33. The molecular formula is C18H30N2. The molecule has 0 spiro atoms. The van der Waals surface area contributed by atoms with E-state index in [4.69, 9.17) is 0 Å². The summed E-state index contributed by atoms with van der Waals surface area (Å²) in [6.45, 7) is 13.7. The highest BCUT2D eigenvalue weighted by Crippen LogP contribution is 2.23. The summed E-state index contributed by atoms with van der Waals surface area (Å²) in [5.74, 6) is 0.852. The molecule has 0 radical (unpaired) electrons. The van der Waals surface area contributed by atoms with Gasteiger partial charge < -0.3 is 10.2 Å². The molecule has 0 bridgehead atoms. The van der Waals surface area contributed by atoms with Crippen LogP contribution in [0.4, 0.5) is 0 Å². The van der Waals surface area contributed by atoms with Crippen molar-refractivity contribution in [2.24, 2.45) is 5.92 Å². The van der Waals surface area contributed by atoms with Crippen molar-refractivity contribution >= 4 is 0 Å². The van der Waals surface area contributed by atoms with Gasteiger partial charge in [-0.2, -0.15) is 0 Å². The molecule has 2 heteroatoms. The van der Waals surface area contributed by atoms with Gasteiger partial charge in [-0.15, -0.1) is 0 Å². The van der Waals surface area contributed by atoms with Crippen LogP contribution in [0.1, 0.15) is 49.4 Å². The van der Waals surface area contributed by atoms with Crippen molar-refractivity contribution in [3.8, 4) is 0 Å². The molecule has 1 aliphatic heterocycles. The Hall–Kier alpha value is -0.860. The lowest BCUT2D eigenvalue weighted by atomic mass is 9.96. The van der Waals surface area contributed by atoms with E-state index in [1.807, 2.05) is 0 Å². The first kappa shape index (κ1) is 15.5. The molecule has 2 unspecified atom stereocenters. The molecule has 2 atom stereocenters. The molecule has 1 heterocycles. The van der Waals surface area contributed by atoms with Crippen LogP contribution in [0.15, 0.2) is 18.2 Å². The van der Waals surface area contributed by atoms with Gasteiger partial charge in [0.1, 0.15) is 0 Å². The quantitative estimate of drug-likeness (QED) is 0.881. The van der Waals surface area contributed by atoms with Crippen LogP contribution in [0, 0.1) is 19.8 Å². The molecule has 1 aromatic rings. The predicted molar refractivity (Wildman–Crippen MR) is 87.2 cm³/mol. The maximum Gasteiger partial charge on any atom is 0.0451 e. The van der Waals surface area contributed by atoms with Crippen LogP contribution < -0.4 is 5.32 Å². The number of aryl methyl sites for hydroxylation is 2. The van der Waals surface area contributed by atoms with E-state index in [-0.39, 0.29) is 0 Å². The van der Waals surface area contributed by atoms with E-state index >= 15 is 0 Å². The molecule has 1 N–H and O–H groups in total. The van der Waals surface area contributed by atoms with Crippen LogP contribution in [0.3, 0.4) is 0 Å². The molecule has 1 aromatic carbocycles. The summed E-state index contributed by atoms with van der Waals surface area (Å²) < 4.78 is 0.